The highest BCUT2D eigenvalue weighted by Crippen LogP contribution is 2.36. The van der Waals surface area contributed by atoms with Crippen LogP contribution in [0.5, 0.6) is 0 Å². The van der Waals surface area contributed by atoms with Gasteiger partial charge in [-0.3, -0.25) is 4.79 Å². The van der Waals surface area contributed by atoms with Crippen molar-refractivity contribution in [3.8, 4) is 0 Å². The molecule has 0 saturated carbocycles. The van der Waals surface area contributed by atoms with Crippen LogP contribution in [0.25, 0.3) is 0 Å². The molecule has 0 fully saturated rings. The molecule has 26 heavy (non-hydrogen) atoms. The lowest BCUT2D eigenvalue weighted by Gasteiger charge is -2.16. The van der Waals surface area contributed by atoms with Gasteiger partial charge in [0.05, 0.1) is 17.5 Å². The lowest BCUT2D eigenvalue weighted by Crippen LogP contribution is -2.41. The van der Waals surface area contributed by atoms with Gasteiger partial charge in [-0.05, 0) is 36.6 Å². The summed E-state index contributed by atoms with van der Waals surface area (Å²) < 4.78 is 76.6. The molecule has 4 nitrogen and oxygen atoms in total. The van der Waals surface area contributed by atoms with Crippen LogP contribution in [0.3, 0.4) is 0 Å². The van der Waals surface area contributed by atoms with Gasteiger partial charge >= 0.3 is 18.3 Å². The third kappa shape index (κ3) is 6.41. The molecule has 1 aromatic carbocycles. The van der Waals surface area contributed by atoms with E-state index in [4.69, 9.17) is 5.11 Å². The molecule has 144 valence electrons. The summed E-state index contributed by atoms with van der Waals surface area (Å²) in [5.74, 6) is -2.38. The van der Waals surface area contributed by atoms with Crippen LogP contribution in [-0.4, -0.2) is 23.0 Å². The van der Waals surface area contributed by atoms with Crippen LogP contribution in [0.4, 0.5) is 26.3 Å². The van der Waals surface area contributed by atoms with Crippen molar-refractivity contribution in [2.24, 2.45) is 0 Å². The number of amides is 1. The van der Waals surface area contributed by atoms with Crippen LogP contribution >= 0.6 is 0 Å². The normalized spacial score (nSPS) is 13.2. The molecule has 0 unspecified atom stereocenters. The Morgan fingerprint density at radius 3 is 1.96 bits per heavy atom. The number of carboxylic acid groups (broad SMARTS) is 1. The van der Waals surface area contributed by atoms with Gasteiger partial charge in [0.25, 0.3) is 0 Å². The van der Waals surface area contributed by atoms with Gasteiger partial charge in [-0.25, -0.2) is 4.79 Å². The number of benzene rings is 1. The van der Waals surface area contributed by atoms with Crippen LogP contribution < -0.4 is 5.32 Å². The van der Waals surface area contributed by atoms with E-state index in [1.54, 1.807) is 0 Å². The van der Waals surface area contributed by atoms with Crippen molar-refractivity contribution in [2.75, 3.05) is 0 Å². The van der Waals surface area contributed by atoms with Crippen molar-refractivity contribution < 1.29 is 41.0 Å². The first-order chi connectivity index (χ1) is 11.8. The third-order valence-corrected chi connectivity index (χ3v) is 3.30. The zero-order valence-corrected chi connectivity index (χ0v) is 13.2. The SMILES string of the molecule is C=CCC[C@H](NC(=O)Cc1cc(C(F)(F)F)cc(C(F)(F)F)c1)C(=O)O. The van der Waals surface area contributed by atoms with Gasteiger partial charge in [-0.15, -0.1) is 6.58 Å². The number of allylic oxidation sites excluding steroid dienone is 1. The fourth-order valence-electron chi connectivity index (χ4n) is 2.09. The van der Waals surface area contributed by atoms with E-state index in [9.17, 15) is 35.9 Å². The molecule has 0 aromatic heterocycles. The van der Waals surface area contributed by atoms with Crippen molar-refractivity contribution in [1.29, 1.82) is 0 Å². The number of aliphatic carboxylic acids is 1. The van der Waals surface area contributed by atoms with E-state index in [0.717, 1.165) is 0 Å². The van der Waals surface area contributed by atoms with Crippen LogP contribution in [0.15, 0.2) is 30.9 Å². The number of halogens is 6. The minimum Gasteiger partial charge on any atom is -0.480 e. The first-order valence-corrected chi connectivity index (χ1v) is 7.26. The molecule has 1 atom stereocenters. The molecule has 1 amide bonds. The number of nitrogens with one attached hydrogen (secondary N) is 1. The Bertz CT molecular complexity index is 649. The van der Waals surface area contributed by atoms with Gasteiger partial charge < -0.3 is 10.4 Å². The van der Waals surface area contributed by atoms with Gasteiger partial charge in [0, 0.05) is 0 Å². The molecular weight excluding hydrogens is 368 g/mol. The topological polar surface area (TPSA) is 66.4 Å². The number of rotatable bonds is 7. The van der Waals surface area contributed by atoms with Gasteiger partial charge in [0.1, 0.15) is 6.04 Å². The third-order valence-electron chi connectivity index (χ3n) is 3.30. The Morgan fingerprint density at radius 1 is 1.08 bits per heavy atom. The average Bonchev–Trinajstić information content (AvgIpc) is 2.49. The highest BCUT2D eigenvalue weighted by atomic mass is 19.4. The van der Waals surface area contributed by atoms with Gasteiger partial charge in [-0.1, -0.05) is 6.08 Å². The molecule has 10 heteroatoms. The van der Waals surface area contributed by atoms with Crippen LogP contribution in [0, 0.1) is 0 Å². The summed E-state index contributed by atoms with van der Waals surface area (Å²) in [6, 6.07) is -0.526. The van der Waals surface area contributed by atoms with Gasteiger partial charge in [-0.2, -0.15) is 26.3 Å². The number of hydrogen-bond acceptors (Lipinski definition) is 2. The van der Waals surface area contributed by atoms with Crippen molar-refractivity contribution in [3.05, 3.63) is 47.5 Å². The number of carboxylic acids is 1. The predicted octanol–water partition coefficient (Wildman–Crippen LogP) is 3.80. The second-order valence-electron chi connectivity index (χ2n) is 5.42. The van der Waals surface area contributed by atoms with E-state index in [0.29, 0.717) is 12.1 Å². The van der Waals surface area contributed by atoms with Crippen molar-refractivity contribution in [3.63, 3.8) is 0 Å². The molecule has 1 aromatic rings. The van der Waals surface area contributed by atoms with Crippen LogP contribution in [0.1, 0.15) is 29.5 Å². The summed E-state index contributed by atoms with van der Waals surface area (Å²) in [4.78, 5) is 22.9. The fourth-order valence-corrected chi connectivity index (χ4v) is 2.09. The maximum atomic E-state index is 12.8. The zero-order valence-electron chi connectivity index (χ0n) is 13.2. The average molecular weight is 383 g/mol. The highest BCUT2D eigenvalue weighted by molar-refractivity contribution is 5.84. The van der Waals surface area contributed by atoms with Crippen LogP contribution in [-0.2, 0) is 28.4 Å². The van der Waals surface area contributed by atoms with E-state index in [1.165, 1.54) is 6.08 Å². The Kier molecular flexibility index (Phi) is 6.82. The molecule has 2 N–H and O–H groups in total. The summed E-state index contributed by atoms with van der Waals surface area (Å²) in [6.07, 6.45) is -9.24. The van der Waals surface area contributed by atoms with E-state index >= 15 is 0 Å². The molecule has 0 aliphatic rings. The molecule has 0 saturated heterocycles. The molecule has 0 aliphatic carbocycles. The molecular formula is C16H15F6NO3. The number of carbonyl (C=O) groups excluding carboxylic acids is 1. The smallest absolute Gasteiger partial charge is 0.416 e. The van der Waals surface area contributed by atoms with Crippen molar-refractivity contribution in [1.82, 2.24) is 5.32 Å². The summed E-state index contributed by atoms with van der Waals surface area (Å²) >= 11 is 0. The summed E-state index contributed by atoms with van der Waals surface area (Å²) in [6.45, 7) is 3.39. The Balaban J connectivity index is 3.05. The van der Waals surface area contributed by atoms with Crippen molar-refractivity contribution >= 4 is 11.9 Å². The quantitative estimate of drug-likeness (QED) is 0.556. The summed E-state index contributed by atoms with van der Waals surface area (Å²) in [5.41, 5.74) is -3.62. The zero-order chi connectivity index (χ0) is 20.1. The van der Waals surface area contributed by atoms with E-state index < -0.39 is 53.4 Å². The molecule has 0 spiro atoms. The predicted molar refractivity (Wildman–Crippen MR) is 79.1 cm³/mol. The Morgan fingerprint density at radius 2 is 1.58 bits per heavy atom. The van der Waals surface area contributed by atoms with Crippen LogP contribution in [0.2, 0.25) is 0 Å². The maximum Gasteiger partial charge on any atom is 0.416 e. The standard InChI is InChI=1S/C16H15F6NO3/c1-2-3-4-12(14(25)26)23-13(24)7-9-5-10(15(17,18)19)8-11(6-9)16(20,21)22/h2,5-6,8,12H,1,3-4,7H2,(H,23,24)(H,25,26)/t12-/m0/s1. The minimum absolute atomic E-state index is 0.0129. The second kappa shape index (κ2) is 8.24. The van der Waals surface area contributed by atoms with E-state index in [-0.39, 0.29) is 18.9 Å². The fraction of sp³-hybridized carbons (Fsp3) is 0.375. The number of alkyl halides is 6. The van der Waals surface area contributed by atoms with Gasteiger partial charge in [0.15, 0.2) is 0 Å². The molecule has 0 aliphatic heterocycles. The highest BCUT2D eigenvalue weighted by Gasteiger charge is 2.37. The Hall–Kier alpha value is -2.52. The monoisotopic (exact) mass is 383 g/mol. The number of hydrogen-bond donors (Lipinski definition) is 2. The maximum absolute atomic E-state index is 12.8. The molecule has 0 radical (unpaired) electrons. The lowest BCUT2D eigenvalue weighted by atomic mass is 10.0. The second-order valence-corrected chi connectivity index (χ2v) is 5.42. The first-order valence-electron chi connectivity index (χ1n) is 7.26. The van der Waals surface area contributed by atoms with Crippen molar-refractivity contribution in [2.45, 2.75) is 37.7 Å². The molecule has 0 heterocycles. The summed E-state index contributed by atoms with van der Waals surface area (Å²) in [5, 5.41) is 11.0. The van der Waals surface area contributed by atoms with Gasteiger partial charge in [0.2, 0.25) is 5.91 Å². The van der Waals surface area contributed by atoms with E-state index in [2.05, 4.69) is 11.9 Å². The van der Waals surface area contributed by atoms with E-state index in [1.807, 2.05) is 0 Å². The minimum atomic E-state index is -5.03. The largest absolute Gasteiger partial charge is 0.480 e. The first kappa shape index (κ1) is 21.5. The number of carbonyl (C=O) groups is 2. The summed E-state index contributed by atoms with van der Waals surface area (Å²) in [7, 11) is 0. The molecule has 0 bridgehead atoms. The lowest BCUT2D eigenvalue weighted by molar-refractivity contribution is -0.143. The Labute approximate surface area is 144 Å². The molecule has 1 rings (SSSR count).